The molecule has 17 heavy (non-hydrogen) atoms. The number of esters is 1. The van der Waals surface area contributed by atoms with Gasteiger partial charge in [0.2, 0.25) is 0 Å². The number of carbonyl (C=O) groups excluding carboxylic acids is 1. The van der Waals surface area contributed by atoms with Gasteiger partial charge >= 0.3 is 5.97 Å². The fourth-order valence-corrected chi connectivity index (χ4v) is 1.70. The summed E-state index contributed by atoms with van der Waals surface area (Å²) < 4.78 is 4.95. The lowest BCUT2D eigenvalue weighted by Crippen LogP contribution is -2.12. The van der Waals surface area contributed by atoms with Crippen molar-refractivity contribution < 1.29 is 14.6 Å². The van der Waals surface area contributed by atoms with Crippen molar-refractivity contribution in [2.45, 2.75) is 77.7 Å². The van der Waals surface area contributed by atoms with Gasteiger partial charge in [0, 0.05) is 6.42 Å². The van der Waals surface area contributed by atoms with Gasteiger partial charge in [0.1, 0.15) is 0 Å². The third-order valence-corrected chi connectivity index (χ3v) is 2.79. The van der Waals surface area contributed by atoms with Crippen molar-refractivity contribution in [3.63, 3.8) is 0 Å². The predicted molar refractivity (Wildman–Crippen MR) is 69.9 cm³/mol. The van der Waals surface area contributed by atoms with Crippen molar-refractivity contribution in [1.82, 2.24) is 0 Å². The minimum Gasteiger partial charge on any atom is -0.466 e. The minimum absolute atomic E-state index is 0.183. The van der Waals surface area contributed by atoms with Gasteiger partial charge in [-0.3, -0.25) is 4.79 Å². The first-order chi connectivity index (χ1) is 8.20. The van der Waals surface area contributed by atoms with Crippen LogP contribution < -0.4 is 0 Å². The van der Waals surface area contributed by atoms with Crippen molar-refractivity contribution in [3.8, 4) is 0 Å². The summed E-state index contributed by atoms with van der Waals surface area (Å²) in [7, 11) is 0. The van der Waals surface area contributed by atoms with E-state index in [2.05, 4.69) is 6.92 Å². The molecule has 0 saturated heterocycles. The molecule has 1 unspecified atom stereocenters. The van der Waals surface area contributed by atoms with E-state index in [9.17, 15) is 9.90 Å². The highest BCUT2D eigenvalue weighted by Gasteiger charge is 2.08. The van der Waals surface area contributed by atoms with Crippen LogP contribution in [0.15, 0.2) is 0 Å². The molecule has 1 atom stereocenters. The molecule has 0 heterocycles. The van der Waals surface area contributed by atoms with E-state index in [1.54, 1.807) is 0 Å². The standard InChI is InChI=1S/C14H28O3/c1-3-5-6-7-8-9-13(15)10-11-14(16)17-12-4-2/h13,15H,3-12H2,1-2H3. The maximum Gasteiger partial charge on any atom is 0.305 e. The van der Waals surface area contributed by atoms with E-state index in [0.29, 0.717) is 19.4 Å². The van der Waals surface area contributed by atoms with Crippen LogP contribution in [0.5, 0.6) is 0 Å². The maximum absolute atomic E-state index is 11.2. The number of aliphatic hydroxyl groups excluding tert-OH is 1. The molecule has 0 radical (unpaired) electrons. The van der Waals surface area contributed by atoms with Crippen molar-refractivity contribution in [2.24, 2.45) is 0 Å². The molecule has 0 aliphatic rings. The Hall–Kier alpha value is -0.570. The lowest BCUT2D eigenvalue weighted by Gasteiger charge is -2.09. The summed E-state index contributed by atoms with van der Waals surface area (Å²) in [6, 6.07) is 0. The molecule has 0 fully saturated rings. The molecule has 1 N–H and O–H groups in total. The van der Waals surface area contributed by atoms with Crippen LogP contribution >= 0.6 is 0 Å². The van der Waals surface area contributed by atoms with E-state index < -0.39 is 0 Å². The molecule has 0 bridgehead atoms. The summed E-state index contributed by atoms with van der Waals surface area (Å²) in [4.78, 5) is 11.2. The zero-order valence-electron chi connectivity index (χ0n) is 11.4. The molecule has 0 amide bonds. The Morgan fingerprint density at radius 3 is 2.41 bits per heavy atom. The molecule has 3 heteroatoms. The number of carbonyl (C=O) groups is 1. The van der Waals surface area contributed by atoms with Crippen LogP contribution in [0, 0.1) is 0 Å². The maximum atomic E-state index is 11.2. The number of rotatable bonds is 11. The zero-order valence-corrected chi connectivity index (χ0v) is 11.4. The van der Waals surface area contributed by atoms with Crippen molar-refractivity contribution in [2.75, 3.05) is 6.61 Å². The van der Waals surface area contributed by atoms with Gasteiger partial charge in [0.15, 0.2) is 0 Å². The molecule has 0 saturated carbocycles. The average molecular weight is 244 g/mol. The molecule has 3 nitrogen and oxygen atoms in total. The summed E-state index contributed by atoms with van der Waals surface area (Å²) >= 11 is 0. The van der Waals surface area contributed by atoms with Crippen LogP contribution in [0.3, 0.4) is 0 Å². The largest absolute Gasteiger partial charge is 0.466 e. The lowest BCUT2D eigenvalue weighted by molar-refractivity contribution is -0.144. The molecule has 0 rings (SSSR count). The first-order valence-electron chi connectivity index (χ1n) is 7.04. The Labute approximate surface area is 106 Å². The first kappa shape index (κ1) is 16.4. The average Bonchev–Trinajstić information content (AvgIpc) is 2.33. The van der Waals surface area contributed by atoms with Crippen LogP contribution in [-0.2, 0) is 9.53 Å². The van der Waals surface area contributed by atoms with Crippen LogP contribution in [0.2, 0.25) is 0 Å². The molecular formula is C14H28O3. The normalized spacial score (nSPS) is 12.4. The Kier molecular flexibility index (Phi) is 11.5. The Bertz CT molecular complexity index is 180. The second-order valence-electron chi connectivity index (χ2n) is 4.62. The van der Waals surface area contributed by atoms with E-state index in [4.69, 9.17) is 4.74 Å². The van der Waals surface area contributed by atoms with E-state index in [1.807, 2.05) is 6.92 Å². The highest BCUT2D eigenvalue weighted by atomic mass is 16.5. The predicted octanol–water partition coefficient (Wildman–Crippen LogP) is 3.44. The third kappa shape index (κ3) is 11.7. The fraction of sp³-hybridized carbons (Fsp3) is 0.929. The van der Waals surface area contributed by atoms with Gasteiger partial charge in [-0.05, 0) is 19.3 Å². The smallest absolute Gasteiger partial charge is 0.305 e. The molecule has 0 spiro atoms. The molecule has 0 aliphatic heterocycles. The number of hydrogen-bond acceptors (Lipinski definition) is 3. The molecule has 0 aliphatic carbocycles. The molecular weight excluding hydrogens is 216 g/mol. The van der Waals surface area contributed by atoms with Gasteiger partial charge in [-0.25, -0.2) is 0 Å². The summed E-state index contributed by atoms with van der Waals surface area (Å²) in [5.74, 6) is -0.183. The van der Waals surface area contributed by atoms with E-state index in [0.717, 1.165) is 19.3 Å². The SMILES string of the molecule is CCCCCCCC(O)CCC(=O)OCCC. The monoisotopic (exact) mass is 244 g/mol. The minimum atomic E-state index is -0.342. The van der Waals surface area contributed by atoms with Gasteiger partial charge < -0.3 is 9.84 Å². The lowest BCUT2D eigenvalue weighted by atomic mass is 10.1. The fourth-order valence-electron chi connectivity index (χ4n) is 1.70. The second kappa shape index (κ2) is 11.9. The molecule has 0 aromatic carbocycles. The van der Waals surface area contributed by atoms with Gasteiger partial charge in [-0.1, -0.05) is 46.0 Å². The highest BCUT2D eigenvalue weighted by molar-refractivity contribution is 5.69. The van der Waals surface area contributed by atoms with Crippen molar-refractivity contribution in [3.05, 3.63) is 0 Å². The number of hydrogen-bond donors (Lipinski definition) is 1. The highest BCUT2D eigenvalue weighted by Crippen LogP contribution is 2.10. The Morgan fingerprint density at radius 2 is 1.76 bits per heavy atom. The van der Waals surface area contributed by atoms with E-state index >= 15 is 0 Å². The van der Waals surface area contributed by atoms with Gasteiger partial charge in [-0.15, -0.1) is 0 Å². The van der Waals surface area contributed by atoms with E-state index in [1.165, 1.54) is 25.7 Å². The summed E-state index contributed by atoms with van der Waals surface area (Å²) in [6.07, 6.45) is 8.22. The number of ether oxygens (including phenoxy) is 1. The van der Waals surface area contributed by atoms with Gasteiger partial charge in [-0.2, -0.15) is 0 Å². The summed E-state index contributed by atoms with van der Waals surface area (Å²) in [6.45, 7) is 4.65. The van der Waals surface area contributed by atoms with Crippen molar-refractivity contribution in [1.29, 1.82) is 0 Å². The van der Waals surface area contributed by atoms with Gasteiger partial charge in [0.05, 0.1) is 12.7 Å². The molecule has 0 aromatic heterocycles. The van der Waals surface area contributed by atoms with Crippen molar-refractivity contribution >= 4 is 5.97 Å². The second-order valence-corrected chi connectivity index (χ2v) is 4.62. The van der Waals surface area contributed by atoms with Crippen LogP contribution in [0.1, 0.15) is 71.6 Å². The summed E-state index contributed by atoms with van der Waals surface area (Å²) in [5.41, 5.74) is 0. The third-order valence-electron chi connectivity index (χ3n) is 2.79. The topological polar surface area (TPSA) is 46.5 Å². The Morgan fingerprint density at radius 1 is 1.06 bits per heavy atom. The molecule has 0 aromatic rings. The van der Waals surface area contributed by atoms with Crippen LogP contribution in [0.4, 0.5) is 0 Å². The summed E-state index contributed by atoms with van der Waals surface area (Å²) in [5, 5.41) is 9.67. The van der Waals surface area contributed by atoms with Gasteiger partial charge in [0.25, 0.3) is 0 Å². The molecule has 102 valence electrons. The first-order valence-corrected chi connectivity index (χ1v) is 7.04. The number of aliphatic hydroxyl groups is 1. The van der Waals surface area contributed by atoms with Crippen LogP contribution in [0.25, 0.3) is 0 Å². The zero-order chi connectivity index (χ0) is 12.9. The number of unbranched alkanes of at least 4 members (excludes halogenated alkanes) is 4. The Balaban J connectivity index is 3.33. The quantitative estimate of drug-likeness (QED) is 0.447. The van der Waals surface area contributed by atoms with Crippen LogP contribution in [-0.4, -0.2) is 23.8 Å². The van der Waals surface area contributed by atoms with E-state index in [-0.39, 0.29) is 12.1 Å².